The van der Waals surface area contributed by atoms with Crippen LogP contribution in [0.25, 0.3) is 10.9 Å². The zero-order valence-electron chi connectivity index (χ0n) is 7.76. The normalized spacial score (nSPS) is 15.8. The van der Waals surface area contributed by atoms with E-state index in [9.17, 15) is 0 Å². The van der Waals surface area contributed by atoms with Gasteiger partial charge in [0.25, 0.3) is 0 Å². The summed E-state index contributed by atoms with van der Waals surface area (Å²) in [6.07, 6.45) is 0. The minimum Gasteiger partial charge on any atom is -0.341 e. The number of benzene rings is 1. The summed E-state index contributed by atoms with van der Waals surface area (Å²) in [6, 6.07) is 8.32. The Morgan fingerprint density at radius 2 is 2.14 bits per heavy atom. The van der Waals surface area contributed by atoms with E-state index in [0.29, 0.717) is 0 Å². The van der Waals surface area contributed by atoms with E-state index >= 15 is 0 Å². The molecule has 1 aliphatic rings. The first kappa shape index (κ1) is 8.33. The molecule has 0 atom stereocenters. The zero-order valence-corrected chi connectivity index (χ0v) is 8.51. The van der Waals surface area contributed by atoms with Gasteiger partial charge in [0, 0.05) is 30.5 Å². The Morgan fingerprint density at radius 3 is 3.07 bits per heavy atom. The van der Waals surface area contributed by atoms with Crippen molar-refractivity contribution in [3.05, 3.63) is 35.0 Å². The van der Waals surface area contributed by atoms with Crippen molar-refractivity contribution < 1.29 is 0 Å². The number of para-hydroxylation sites is 1. The largest absolute Gasteiger partial charge is 0.341 e. The second-order valence-corrected chi connectivity index (χ2v) is 3.98. The standard InChI is InChI=1S/C11H11ClN2/c12-11-8-3-1-2-4-9(8)14-6-5-13-7-10(11)14/h1-4,13H,5-7H2. The number of hydrogen-bond donors (Lipinski definition) is 1. The topological polar surface area (TPSA) is 17.0 Å². The fourth-order valence-corrected chi connectivity index (χ4v) is 2.47. The van der Waals surface area contributed by atoms with Gasteiger partial charge in [-0.2, -0.15) is 0 Å². The Labute approximate surface area is 87.5 Å². The first-order valence-electron chi connectivity index (χ1n) is 4.84. The number of nitrogens with zero attached hydrogens (tertiary/aromatic N) is 1. The van der Waals surface area contributed by atoms with Crippen LogP contribution in [0.2, 0.25) is 5.02 Å². The molecule has 0 radical (unpaired) electrons. The van der Waals surface area contributed by atoms with Gasteiger partial charge in [0.15, 0.2) is 0 Å². The molecule has 1 aromatic carbocycles. The Hall–Kier alpha value is -0.990. The molecule has 2 aromatic rings. The van der Waals surface area contributed by atoms with Crippen LogP contribution in [0.4, 0.5) is 0 Å². The Bertz CT molecular complexity index is 487. The first-order chi connectivity index (χ1) is 6.88. The number of aromatic nitrogens is 1. The summed E-state index contributed by atoms with van der Waals surface area (Å²) < 4.78 is 2.31. The first-order valence-corrected chi connectivity index (χ1v) is 5.22. The molecule has 0 saturated carbocycles. The van der Waals surface area contributed by atoms with Crippen LogP contribution in [-0.4, -0.2) is 11.1 Å². The molecule has 2 heterocycles. The average molecular weight is 207 g/mol. The monoisotopic (exact) mass is 206 g/mol. The molecule has 0 fully saturated rings. The highest BCUT2D eigenvalue weighted by molar-refractivity contribution is 6.36. The molecular weight excluding hydrogens is 196 g/mol. The average Bonchev–Trinajstić information content (AvgIpc) is 2.55. The lowest BCUT2D eigenvalue weighted by molar-refractivity contribution is 0.527. The molecule has 72 valence electrons. The minimum absolute atomic E-state index is 0.882. The SMILES string of the molecule is Clc1c2n(c3ccccc13)CCNC2. The van der Waals surface area contributed by atoms with Crippen LogP contribution in [0.1, 0.15) is 5.69 Å². The number of rotatable bonds is 0. The highest BCUT2D eigenvalue weighted by Gasteiger charge is 2.17. The fourth-order valence-electron chi connectivity index (χ4n) is 2.14. The van der Waals surface area contributed by atoms with Gasteiger partial charge < -0.3 is 9.88 Å². The third kappa shape index (κ3) is 1.01. The van der Waals surface area contributed by atoms with E-state index in [-0.39, 0.29) is 0 Å². The van der Waals surface area contributed by atoms with Crippen LogP contribution in [-0.2, 0) is 13.1 Å². The molecule has 1 aliphatic heterocycles. The number of halogens is 1. The zero-order chi connectivity index (χ0) is 9.54. The van der Waals surface area contributed by atoms with Gasteiger partial charge in [-0.3, -0.25) is 0 Å². The van der Waals surface area contributed by atoms with Gasteiger partial charge in [-0.1, -0.05) is 29.8 Å². The Kier molecular flexibility index (Phi) is 1.79. The van der Waals surface area contributed by atoms with Crippen molar-refractivity contribution in [1.29, 1.82) is 0 Å². The van der Waals surface area contributed by atoms with E-state index in [1.165, 1.54) is 16.6 Å². The van der Waals surface area contributed by atoms with Crippen LogP contribution in [0.15, 0.2) is 24.3 Å². The van der Waals surface area contributed by atoms with E-state index in [1.807, 2.05) is 6.07 Å². The molecule has 1 aromatic heterocycles. The van der Waals surface area contributed by atoms with Gasteiger partial charge >= 0.3 is 0 Å². The third-order valence-electron chi connectivity index (χ3n) is 2.82. The van der Waals surface area contributed by atoms with Gasteiger partial charge in [0.05, 0.1) is 10.7 Å². The van der Waals surface area contributed by atoms with Crippen molar-refractivity contribution in [2.45, 2.75) is 13.1 Å². The predicted octanol–water partition coefficient (Wildman–Crippen LogP) is 2.40. The van der Waals surface area contributed by atoms with Crippen LogP contribution in [0.3, 0.4) is 0 Å². The van der Waals surface area contributed by atoms with Crippen molar-refractivity contribution in [1.82, 2.24) is 9.88 Å². The second kappa shape index (κ2) is 3.01. The quantitative estimate of drug-likeness (QED) is 0.701. The van der Waals surface area contributed by atoms with E-state index in [2.05, 4.69) is 28.1 Å². The minimum atomic E-state index is 0.882. The van der Waals surface area contributed by atoms with Gasteiger partial charge in [-0.15, -0.1) is 0 Å². The molecule has 3 heteroatoms. The molecule has 2 nitrogen and oxygen atoms in total. The van der Waals surface area contributed by atoms with Crippen LogP contribution in [0, 0.1) is 0 Å². The maximum atomic E-state index is 6.31. The second-order valence-electron chi connectivity index (χ2n) is 3.61. The molecule has 3 rings (SSSR count). The van der Waals surface area contributed by atoms with Crippen molar-refractivity contribution in [2.75, 3.05) is 6.54 Å². The molecule has 0 spiro atoms. The van der Waals surface area contributed by atoms with E-state index in [4.69, 9.17) is 11.6 Å². The maximum absolute atomic E-state index is 6.31. The van der Waals surface area contributed by atoms with Crippen molar-refractivity contribution in [3.63, 3.8) is 0 Å². The predicted molar refractivity (Wildman–Crippen MR) is 58.7 cm³/mol. The van der Waals surface area contributed by atoms with Crippen molar-refractivity contribution in [3.8, 4) is 0 Å². The van der Waals surface area contributed by atoms with Crippen LogP contribution in [0.5, 0.6) is 0 Å². The van der Waals surface area contributed by atoms with Crippen molar-refractivity contribution >= 4 is 22.5 Å². The number of nitrogens with one attached hydrogen (secondary N) is 1. The van der Waals surface area contributed by atoms with Crippen molar-refractivity contribution in [2.24, 2.45) is 0 Å². The molecule has 14 heavy (non-hydrogen) atoms. The molecule has 0 bridgehead atoms. The fraction of sp³-hybridized carbons (Fsp3) is 0.273. The lowest BCUT2D eigenvalue weighted by atomic mass is 10.2. The molecule has 0 amide bonds. The molecule has 0 saturated heterocycles. The highest BCUT2D eigenvalue weighted by Crippen LogP contribution is 2.31. The van der Waals surface area contributed by atoms with Gasteiger partial charge in [-0.05, 0) is 6.07 Å². The smallest absolute Gasteiger partial charge is 0.0707 e. The van der Waals surface area contributed by atoms with E-state index < -0.39 is 0 Å². The van der Waals surface area contributed by atoms with E-state index in [1.54, 1.807) is 0 Å². The summed E-state index contributed by atoms with van der Waals surface area (Å²) >= 11 is 6.31. The summed E-state index contributed by atoms with van der Waals surface area (Å²) in [5, 5.41) is 5.42. The van der Waals surface area contributed by atoms with Gasteiger partial charge in [0.2, 0.25) is 0 Å². The maximum Gasteiger partial charge on any atom is 0.0707 e. The molecule has 1 N–H and O–H groups in total. The summed E-state index contributed by atoms with van der Waals surface area (Å²) in [4.78, 5) is 0. The van der Waals surface area contributed by atoms with Crippen LogP contribution >= 0.6 is 11.6 Å². The number of hydrogen-bond acceptors (Lipinski definition) is 1. The summed E-state index contributed by atoms with van der Waals surface area (Å²) in [7, 11) is 0. The summed E-state index contributed by atoms with van der Waals surface area (Å²) in [6.45, 7) is 2.93. The highest BCUT2D eigenvalue weighted by atomic mass is 35.5. The molecule has 0 unspecified atom stereocenters. The van der Waals surface area contributed by atoms with E-state index in [0.717, 1.165) is 24.7 Å². The summed E-state index contributed by atoms with van der Waals surface area (Å²) in [5.41, 5.74) is 2.48. The Balaban J connectivity index is 2.41. The van der Waals surface area contributed by atoms with Crippen LogP contribution < -0.4 is 5.32 Å². The Morgan fingerprint density at radius 1 is 1.29 bits per heavy atom. The third-order valence-corrected chi connectivity index (χ3v) is 3.24. The summed E-state index contributed by atoms with van der Waals surface area (Å²) in [5.74, 6) is 0. The molecule has 0 aliphatic carbocycles. The van der Waals surface area contributed by atoms with Gasteiger partial charge in [-0.25, -0.2) is 0 Å². The lowest BCUT2D eigenvalue weighted by Gasteiger charge is -2.17. The lowest BCUT2D eigenvalue weighted by Crippen LogP contribution is -2.27. The molecular formula is C11H11ClN2. The number of fused-ring (bicyclic) bond motifs is 3. The van der Waals surface area contributed by atoms with Gasteiger partial charge in [0.1, 0.15) is 0 Å².